The summed E-state index contributed by atoms with van der Waals surface area (Å²) in [4.78, 5) is 0. The molecular weight excluding hydrogens is 364 g/mol. The van der Waals surface area contributed by atoms with Crippen LogP contribution in [0.15, 0.2) is 12.1 Å². The van der Waals surface area contributed by atoms with Crippen LogP contribution in [-0.2, 0) is 0 Å². The van der Waals surface area contributed by atoms with Gasteiger partial charge in [-0.25, -0.2) is 0 Å². The molecule has 1 heterocycles. The van der Waals surface area contributed by atoms with E-state index < -0.39 is 0 Å². The molecule has 162 valence electrons. The van der Waals surface area contributed by atoms with E-state index in [1.807, 2.05) is 12.1 Å². The number of rotatable bonds is 6. The second-order valence-corrected chi connectivity index (χ2v) is 9.56. The van der Waals surface area contributed by atoms with Crippen molar-refractivity contribution in [3.8, 4) is 23.7 Å². The number of aromatic nitrogens is 2. The van der Waals surface area contributed by atoms with E-state index >= 15 is 0 Å². The van der Waals surface area contributed by atoms with Crippen LogP contribution in [0.5, 0.6) is 0 Å². The molecule has 0 saturated heterocycles. The van der Waals surface area contributed by atoms with Gasteiger partial charge in [0.25, 0.3) is 0 Å². The lowest BCUT2D eigenvalue weighted by Crippen LogP contribution is -2.13. The van der Waals surface area contributed by atoms with Gasteiger partial charge in [-0.1, -0.05) is 64.2 Å². The van der Waals surface area contributed by atoms with Gasteiger partial charge >= 0.3 is 0 Å². The average Bonchev–Trinajstić information content (AvgIpc) is 2.80. The SMILES string of the molecule is CCCCC1CCC(C#Cc2ccc(C#CC3CCC(CCCC)CC3)nn2)CC1. The van der Waals surface area contributed by atoms with Gasteiger partial charge in [-0.2, -0.15) is 0 Å². The van der Waals surface area contributed by atoms with Crippen LogP contribution in [0.25, 0.3) is 0 Å². The zero-order valence-electron chi connectivity index (χ0n) is 19.3. The maximum atomic E-state index is 4.30. The van der Waals surface area contributed by atoms with E-state index in [4.69, 9.17) is 0 Å². The molecule has 0 aliphatic heterocycles. The highest BCUT2D eigenvalue weighted by Crippen LogP contribution is 2.32. The molecule has 30 heavy (non-hydrogen) atoms. The van der Waals surface area contributed by atoms with Crippen molar-refractivity contribution in [3.05, 3.63) is 23.5 Å². The number of hydrogen-bond acceptors (Lipinski definition) is 2. The molecule has 2 aliphatic rings. The maximum absolute atomic E-state index is 4.30. The van der Waals surface area contributed by atoms with Gasteiger partial charge < -0.3 is 0 Å². The minimum Gasteiger partial charge on any atom is -0.141 e. The summed E-state index contributed by atoms with van der Waals surface area (Å²) in [6.07, 6.45) is 18.6. The molecule has 0 radical (unpaired) electrons. The Balaban J connectivity index is 1.42. The molecule has 3 rings (SSSR count). The molecule has 0 N–H and O–H groups in total. The highest BCUT2D eigenvalue weighted by molar-refractivity contribution is 5.32. The van der Waals surface area contributed by atoms with Crippen molar-refractivity contribution in [1.82, 2.24) is 10.2 Å². The van der Waals surface area contributed by atoms with Gasteiger partial charge in [-0.3, -0.25) is 0 Å². The Morgan fingerprint density at radius 3 is 1.40 bits per heavy atom. The Morgan fingerprint density at radius 1 is 0.667 bits per heavy atom. The Morgan fingerprint density at radius 2 is 1.07 bits per heavy atom. The highest BCUT2D eigenvalue weighted by Gasteiger charge is 2.20. The molecule has 2 fully saturated rings. The Labute approximate surface area is 185 Å². The lowest BCUT2D eigenvalue weighted by atomic mass is 9.80. The molecule has 0 amide bonds. The normalized spacial score (nSPS) is 26.2. The molecule has 2 nitrogen and oxygen atoms in total. The van der Waals surface area contributed by atoms with Gasteiger partial charge in [0, 0.05) is 11.8 Å². The summed E-state index contributed by atoms with van der Waals surface area (Å²) >= 11 is 0. The second kappa shape index (κ2) is 12.8. The van der Waals surface area contributed by atoms with Gasteiger partial charge in [-0.05, 0) is 87.2 Å². The van der Waals surface area contributed by atoms with Gasteiger partial charge in [0.2, 0.25) is 0 Å². The largest absolute Gasteiger partial charge is 0.141 e. The molecule has 2 saturated carbocycles. The van der Waals surface area contributed by atoms with Crippen LogP contribution in [0.4, 0.5) is 0 Å². The van der Waals surface area contributed by atoms with Crippen molar-refractivity contribution in [2.75, 3.05) is 0 Å². The molecule has 1 aromatic heterocycles. The molecule has 0 aromatic carbocycles. The number of hydrogen-bond donors (Lipinski definition) is 0. The minimum atomic E-state index is 0.539. The first-order chi connectivity index (χ1) is 14.8. The van der Waals surface area contributed by atoms with Crippen LogP contribution in [0.2, 0.25) is 0 Å². The van der Waals surface area contributed by atoms with Gasteiger partial charge in [0.05, 0.1) is 0 Å². The molecule has 0 atom stereocenters. The number of unbranched alkanes of at least 4 members (excludes halogenated alkanes) is 2. The fourth-order valence-electron chi connectivity index (χ4n) is 4.99. The van der Waals surface area contributed by atoms with E-state index in [9.17, 15) is 0 Å². The fourth-order valence-corrected chi connectivity index (χ4v) is 4.99. The first-order valence-electron chi connectivity index (χ1n) is 12.6. The standard InChI is InChI=1S/C28H40N2/c1-3-5-7-23-9-13-25(14-10-23)17-19-27-21-22-28(30-29-27)20-18-26-15-11-24(12-16-26)8-6-4-2/h21-26H,3-16H2,1-2H3. The third-order valence-electron chi connectivity index (χ3n) is 7.10. The second-order valence-electron chi connectivity index (χ2n) is 9.56. The summed E-state index contributed by atoms with van der Waals surface area (Å²) in [6, 6.07) is 3.97. The molecule has 0 unspecified atom stereocenters. The highest BCUT2D eigenvalue weighted by atomic mass is 15.1. The minimum absolute atomic E-state index is 0.539. The zero-order chi connectivity index (χ0) is 21.0. The summed E-state index contributed by atoms with van der Waals surface area (Å²) in [6.45, 7) is 4.57. The molecule has 1 aromatic rings. The first kappa shape index (κ1) is 22.9. The number of nitrogens with zero attached hydrogens (tertiary/aromatic N) is 2. The van der Waals surface area contributed by atoms with Crippen molar-refractivity contribution < 1.29 is 0 Å². The summed E-state index contributed by atoms with van der Waals surface area (Å²) in [7, 11) is 0. The lowest BCUT2D eigenvalue weighted by Gasteiger charge is -2.25. The smallest absolute Gasteiger partial charge is 0.135 e. The van der Waals surface area contributed by atoms with Gasteiger partial charge in [0.15, 0.2) is 0 Å². The monoisotopic (exact) mass is 404 g/mol. The van der Waals surface area contributed by atoms with Crippen molar-refractivity contribution in [3.63, 3.8) is 0 Å². The molecule has 2 aliphatic carbocycles. The van der Waals surface area contributed by atoms with E-state index in [2.05, 4.69) is 47.7 Å². The molecular formula is C28H40N2. The Bertz CT molecular complexity index is 662. The van der Waals surface area contributed by atoms with Crippen molar-refractivity contribution >= 4 is 0 Å². The third-order valence-corrected chi connectivity index (χ3v) is 7.10. The summed E-state index contributed by atoms with van der Waals surface area (Å²) in [5.41, 5.74) is 1.56. The van der Waals surface area contributed by atoms with E-state index in [0.717, 1.165) is 23.2 Å². The maximum Gasteiger partial charge on any atom is 0.135 e. The van der Waals surface area contributed by atoms with Gasteiger partial charge in [0.1, 0.15) is 11.4 Å². The van der Waals surface area contributed by atoms with Crippen molar-refractivity contribution in [2.24, 2.45) is 23.7 Å². The summed E-state index contributed by atoms with van der Waals surface area (Å²) in [5, 5.41) is 8.60. The molecule has 2 heteroatoms. The predicted octanol–water partition coefficient (Wildman–Crippen LogP) is 7.17. The van der Waals surface area contributed by atoms with E-state index in [1.54, 1.807) is 0 Å². The summed E-state index contributed by atoms with van der Waals surface area (Å²) < 4.78 is 0. The van der Waals surface area contributed by atoms with Crippen molar-refractivity contribution in [2.45, 2.75) is 104 Å². The Hall–Kier alpha value is -1.80. The lowest BCUT2D eigenvalue weighted by molar-refractivity contribution is 0.296. The van der Waals surface area contributed by atoms with Crippen LogP contribution in [-0.4, -0.2) is 10.2 Å². The summed E-state index contributed by atoms with van der Waals surface area (Å²) in [5.74, 6) is 16.4. The molecule has 0 spiro atoms. The first-order valence-corrected chi connectivity index (χ1v) is 12.6. The van der Waals surface area contributed by atoms with Crippen LogP contribution in [0.3, 0.4) is 0 Å². The van der Waals surface area contributed by atoms with Crippen LogP contribution in [0.1, 0.15) is 115 Å². The van der Waals surface area contributed by atoms with E-state index in [-0.39, 0.29) is 0 Å². The van der Waals surface area contributed by atoms with Crippen LogP contribution < -0.4 is 0 Å². The predicted molar refractivity (Wildman–Crippen MR) is 126 cm³/mol. The van der Waals surface area contributed by atoms with Crippen LogP contribution in [0, 0.1) is 47.4 Å². The topological polar surface area (TPSA) is 25.8 Å². The fraction of sp³-hybridized carbons (Fsp3) is 0.714. The molecule has 0 bridgehead atoms. The van der Waals surface area contributed by atoms with E-state index in [1.165, 1.54) is 89.9 Å². The average molecular weight is 405 g/mol. The van der Waals surface area contributed by atoms with Gasteiger partial charge in [-0.15, -0.1) is 10.2 Å². The van der Waals surface area contributed by atoms with Crippen LogP contribution >= 0.6 is 0 Å². The quantitative estimate of drug-likeness (QED) is 0.470. The Kier molecular flexibility index (Phi) is 9.76. The zero-order valence-corrected chi connectivity index (χ0v) is 19.3. The third kappa shape index (κ3) is 7.80. The van der Waals surface area contributed by atoms with E-state index in [0.29, 0.717) is 11.8 Å². The van der Waals surface area contributed by atoms with Crippen molar-refractivity contribution in [1.29, 1.82) is 0 Å².